The standard InChI is InChI=1S/C20H23N3O3S2/c1-5-18(24)21-20-22-19-13(4)10-15(11-17(19)27-20)23-28(25,26)16-8-6-14(7-9-16)12(2)3/h6-12,23H,5H2,1-4H3,(H,21,22,24). The fourth-order valence-corrected chi connectivity index (χ4v) is 4.80. The summed E-state index contributed by atoms with van der Waals surface area (Å²) in [5, 5.41) is 3.25. The van der Waals surface area contributed by atoms with Gasteiger partial charge in [-0.05, 0) is 48.2 Å². The number of sulfonamides is 1. The highest BCUT2D eigenvalue weighted by atomic mass is 32.2. The smallest absolute Gasteiger partial charge is 0.261 e. The van der Waals surface area contributed by atoms with E-state index >= 15 is 0 Å². The third-order valence-electron chi connectivity index (χ3n) is 4.36. The van der Waals surface area contributed by atoms with E-state index in [0.29, 0.717) is 23.2 Å². The molecule has 0 unspecified atom stereocenters. The van der Waals surface area contributed by atoms with Crippen molar-refractivity contribution in [2.45, 2.75) is 44.9 Å². The summed E-state index contributed by atoms with van der Waals surface area (Å²) >= 11 is 1.32. The van der Waals surface area contributed by atoms with Crippen molar-refractivity contribution in [1.29, 1.82) is 0 Å². The SMILES string of the molecule is CCC(=O)Nc1nc2c(C)cc(NS(=O)(=O)c3ccc(C(C)C)cc3)cc2s1. The minimum absolute atomic E-state index is 0.109. The molecule has 3 aromatic rings. The summed E-state index contributed by atoms with van der Waals surface area (Å²) in [6.45, 7) is 7.76. The van der Waals surface area contributed by atoms with Crippen LogP contribution in [0.5, 0.6) is 0 Å². The van der Waals surface area contributed by atoms with Crippen LogP contribution in [0.1, 0.15) is 44.2 Å². The lowest BCUT2D eigenvalue weighted by Crippen LogP contribution is -2.13. The molecule has 0 fully saturated rings. The number of aromatic nitrogens is 1. The van der Waals surface area contributed by atoms with Gasteiger partial charge in [0.2, 0.25) is 5.91 Å². The molecule has 0 atom stereocenters. The highest BCUT2D eigenvalue weighted by molar-refractivity contribution is 7.92. The molecule has 1 amide bonds. The highest BCUT2D eigenvalue weighted by Crippen LogP contribution is 2.32. The molecular formula is C20H23N3O3S2. The Morgan fingerprint density at radius 1 is 1.18 bits per heavy atom. The maximum Gasteiger partial charge on any atom is 0.261 e. The van der Waals surface area contributed by atoms with E-state index in [9.17, 15) is 13.2 Å². The monoisotopic (exact) mass is 417 g/mol. The molecule has 1 aromatic heterocycles. The normalized spacial score (nSPS) is 11.8. The Bertz CT molecular complexity index is 1120. The van der Waals surface area contributed by atoms with Crippen molar-refractivity contribution in [2.24, 2.45) is 0 Å². The predicted molar refractivity (Wildman–Crippen MR) is 115 cm³/mol. The molecule has 28 heavy (non-hydrogen) atoms. The average molecular weight is 418 g/mol. The summed E-state index contributed by atoms with van der Waals surface area (Å²) in [6.07, 6.45) is 0.371. The molecule has 148 valence electrons. The van der Waals surface area contributed by atoms with Crippen LogP contribution < -0.4 is 10.0 Å². The number of aryl methyl sites for hydroxylation is 1. The molecular weight excluding hydrogens is 394 g/mol. The van der Waals surface area contributed by atoms with Gasteiger partial charge >= 0.3 is 0 Å². The van der Waals surface area contributed by atoms with Gasteiger partial charge in [0.05, 0.1) is 20.8 Å². The number of nitrogens with one attached hydrogen (secondary N) is 2. The molecule has 0 aliphatic carbocycles. The van der Waals surface area contributed by atoms with E-state index in [0.717, 1.165) is 21.3 Å². The number of amides is 1. The first-order valence-electron chi connectivity index (χ1n) is 9.03. The van der Waals surface area contributed by atoms with E-state index in [-0.39, 0.29) is 10.8 Å². The third-order valence-corrected chi connectivity index (χ3v) is 6.68. The van der Waals surface area contributed by atoms with E-state index in [1.165, 1.54) is 11.3 Å². The van der Waals surface area contributed by atoms with Crippen molar-refractivity contribution >= 4 is 48.3 Å². The molecule has 3 rings (SSSR count). The van der Waals surface area contributed by atoms with Gasteiger partial charge in [-0.1, -0.05) is 44.2 Å². The van der Waals surface area contributed by atoms with Crippen molar-refractivity contribution < 1.29 is 13.2 Å². The van der Waals surface area contributed by atoms with Gasteiger partial charge in [-0.15, -0.1) is 0 Å². The number of nitrogens with zero attached hydrogens (tertiary/aromatic N) is 1. The highest BCUT2D eigenvalue weighted by Gasteiger charge is 2.17. The largest absolute Gasteiger partial charge is 0.302 e. The first kappa shape index (κ1) is 20.3. The average Bonchev–Trinajstić information content (AvgIpc) is 3.04. The van der Waals surface area contributed by atoms with Crippen LogP contribution in [0.15, 0.2) is 41.3 Å². The molecule has 0 saturated heterocycles. The lowest BCUT2D eigenvalue weighted by atomic mass is 10.0. The van der Waals surface area contributed by atoms with E-state index in [4.69, 9.17) is 0 Å². The molecule has 2 N–H and O–H groups in total. The van der Waals surface area contributed by atoms with Gasteiger partial charge in [0.15, 0.2) is 5.13 Å². The molecule has 8 heteroatoms. The predicted octanol–water partition coefficient (Wildman–Crippen LogP) is 4.88. The molecule has 0 bridgehead atoms. The van der Waals surface area contributed by atoms with Gasteiger partial charge in [-0.25, -0.2) is 13.4 Å². The fourth-order valence-electron chi connectivity index (χ4n) is 2.76. The maximum absolute atomic E-state index is 12.7. The molecule has 1 heterocycles. The van der Waals surface area contributed by atoms with E-state index < -0.39 is 10.0 Å². The minimum Gasteiger partial charge on any atom is -0.302 e. The van der Waals surface area contributed by atoms with Gasteiger partial charge in [0.1, 0.15) is 0 Å². The van der Waals surface area contributed by atoms with Crippen molar-refractivity contribution in [1.82, 2.24) is 4.98 Å². The van der Waals surface area contributed by atoms with Crippen LogP contribution in [-0.2, 0) is 14.8 Å². The van der Waals surface area contributed by atoms with Crippen LogP contribution in [0.25, 0.3) is 10.2 Å². The molecule has 6 nitrogen and oxygen atoms in total. The second-order valence-electron chi connectivity index (χ2n) is 6.89. The Morgan fingerprint density at radius 2 is 1.86 bits per heavy atom. The second-order valence-corrected chi connectivity index (χ2v) is 9.60. The molecule has 0 aliphatic rings. The summed E-state index contributed by atoms with van der Waals surface area (Å²) in [6, 6.07) is 10.4. The molecule has 0 radical (unpaired) electrons. The fraction of sp³-hybridized carbons (Fsp3) is 0.300. The minimum atomic E-state index is -3.69. The second kappa shape index (κ2) is 7.89. The van der Waals surface area contributed by atoms with Crippen LogP contribution in [-0.4, -0.2) is 19.3 Å². The van der Waals surface area contributed by atoms with Crippen LogP contribution in [0.2, 0.25) is 0 Å². The molecule has 0 aliphatic heterocycles. The van der Waals surface area contributed by atoms with Gasteiger partial charge in [-0.3, -0.25) is 9.52 Å². The van der Waals surface area contributed by atoms with Gasteiger partial charge in [0.25, 0.3) is 10.0 Å². The van der Waals surface area contributed by atoms with Crippen molar-refractivity contribution in [3.8, 4) is 0 Å². The first-order valence-corrected chi connectivity index (χ1v) is 11.3. The Hall–Kier alpha value is -2.45. The van der Waals surface area contributed by atoms with Crippen LogP contribution in [0.3, 0.4) is 0 Å². The Morgan fingerprint density at radius 3 is 2.46 bits per heavy atom. The van der Waals surface area contributed by atoms with Gasteiger partial charge < -0.3 is 5.32 Å². The Balaban J connectivity index is 1.89. The van der Waals surface area contributed by atoms with Crippen molar-refractivity contribution in [3.63, 3.8) is 0 Å². The lowest BCUT2D eigenvalue weighted by molar-refractivity contribution is -0.115. The zero-order valence-corrected chi connectivity index (χ0v) is 17.9. The molecule has 2 aromatic carbocycles. The number of hydrogen-bond donors (Lipinski definition) is 2. The Kier molecular flexibility index (Phi) is 5.71. The Labute approximate surface area is 169 Å². The zero-order chi connectivity index (χ0) is 20.5. The maximum atomic E-state index is 12.7. The summed E-state index contributed by atoms with van der Waals surface area (Å²) in [7, 11) is -3.69. The summed E-state index contributed by atoms with van der Waals surface area (Å²) in [4.78, 5) is 16.2. The number of thiazole rings is 1. The number of carbonyl (C=O) groups excluding carboxylic acids is 1. The van der Waals surface area contributed by atoms with E-state index in [1.54, 1.807) is 31.2 Å². The number of anilines is 2. The summed E-state index contributed by atoms with van der Waals surface area (Å²) in [5.74, 6) is 0.228. The van der Waals surface area contributed by atoms with Crippen molar-refractivity contribution in [2.75, 3.05) is 10.0 Å². The van der Waals surface area contributed by atoms with Crippen LogP contribution >= 0.6 is 11.3 Å². The number of carbonyl (C=O) groups is 1. The number of benzene rings is 2. The number of fused-ring (bicyclic) bond motifs is 1. The third kappa shape index (κ3) is 4.34. The number of rotatable bonds is 6. The topological polar surface area (TPSA) is 88.2 Å². The van der Waals surface area contributed by atoms with Crippen LogP contribution in [0.4, 0.5) is 10.8 Å². The summed E-state index contributed by atoms with van der Waals surface area (Å²) < 4.78 is 28.9. The van der Waals surface area contributed by atoms with E-state index in [1.807, 2.05) is 19.1 Å². The lowest BCUT2D eigenvalue weighted by Gasteiger charge is -2.11. The van der Waals surface area contributed by atoms with Crippen molar-refractivity contribution in [3.05, 3.63) is 47.5 Å². The number of hydrogen-bond acceptors (Lipinski definition) is 5. The zero-order valence-electron chi connectivity index (χ0n) is 16.2. The van der Waals surface area contributed by atoms with E-state index in [2.05, 4.69) is 28.9 Å². The molecule has 0 spiro atoms. The quantitative estimate of drug-likeness (QED) is 0.598. The van der Waals surface area contributed by atoms with Gasteiger partial charge in [0, 0.05) is 6.42 Å². The van der Waals surface area contributed by atoms with Crippen LogP contribution in [0, 0.1) is 6.92 Å². The first-order chi connectivity index (χ1) is 13.2. The van der Waals surface area contributed by atoms with Gasteiger partial charge in [-0.2, -0.15) is 0 Å². The summed E-state index contributed by atoms with van der Waals surface area (Å²) in [5.41, 5.74) is 3.14. The molecule has 0 saturated carbocycles.